The van der Waals surface area contributed by atoms with Gasteiger partial charge in [-0.25, -0.2) is 9.97 Å². The van der Waals surface area contributed by atoms with Crippen LogP contribution in [0.4, 0.5) is 11.4 Å². The van der Waals surface area contributed by atoms with Gasteiger partial charge >= 0.3 is 0 Å². The summed E-state index contributed by atoms with van der Waals surface area (Å²) in [6.07, 6.45) is 3.15. The van der Waals surface area contributed by atoms with Crippen LogP contribution in [0.5, 0.6) is 0 Å². The van der Waals surface area contributed by atoms with E-state index in [9.17, 15) is 4.79 Å². The third-order valence-electron chi connectivity index (χ3n) is 2.44. The van der Waals surface area contributed by atoms with E-state index in [1.165, 1.54) is 6.33 Å². The highest BCUT2D eigenvalue weighted by Crippen LogP contribution is 2.17. The van der Waals surface area contributed by atoms with Crippen LogP contribution in [0.3, 0.4) is 0 Å². The van der Waals surface area contributed by atoms with E-state index in [1.807, 2.05) is 0 Å². The average molecular weight is 243 g/mol. The first kappa shape index (κ1) is 11.8. The zero-order valence-electron chi connectivity index (χ0n) is 9.63. The maximum atomic E-state index is 11.1. The highest BCUT2D eigenvalue weighted by molar-refractivity contribution is 5.98. The predicted molar refractivity (Wildman–Crippen MR) is 68.7 cm³/mol. The zero-order valence-corrected chi connectivity index (χ0v) is 9.63. The van der Waals surface area contributed by atoms with E-state index in [-0.39, 0.29) is 0 Å². The molecule has 2 rings (SSSR count). The topological polar surface area (TPSA) is 107 Å². The molecule has 0 saturated carbocycles. The van der Waals surface area contributed by atoms with Crippen molar-refractivity contribution in [2.45, 2.75) is 6.54 Å². The SMILES string of the molecule is NC(=O)c1cc(NCc2ccncn2)ccc1N. The van der Waals surface area contributed by atoms with Crippen molar-refractivity contribution in [2.75, 3.05) is 11.1 Å². The molecule has 0 unspecified atom stereocenters. The maximum Gasteiger partial charge on any atom is 0.250 e. The molecule has 92 valence electrons. The molecule has 1 amide bonds. The summed E-state index contributed by atoms with van der Waals surface area (Å²) in [5.41, 5.74) is 13.2. The van der Waals surface area contributed by atoms with Gasteiger partial charge in [0.15, 0.2) is 0 Å². The number of hydrogen-bond acceptors (Lipinski definition) is 5. The van der Waals surface area contributed by atoms with Crippen LogP contribution in [0.1, 0.15) is 16.1 Å². The second-order valence-corrected chi connectivity index (χ2v) is 3.72. The van der Waals surface area contributed by atoms with Gasteiger partial charge in [0.1, 0.15) is 6.33 Å². The summed E-state index contributed by atoms with van der Waals surface area (Å²) in [6, 6.07) is 6.85. The number of nitrogen functional groups attached to an aromatic ring is 1. The van der Waals surface area contributed by atoms with E-state index < -0.39 is 5.91 Å². The van der Waals surface area contributed by atoms with Crippen LogP contribution < -0.4 is 16.8 Å². The second kappa shape index (κ2) is 5.13. The van der Waals surface area contributed by atoms with Crippen LogP contribution in [-0.4, -0.2) is 15.9 Å². The number of hydrogen-bond donors (Lipinski definition) is 3. The molecular weight excluding hydrogens is 230 g/mol. The van der Waals surface area contributed by atoms with Crippen LogP contribution in [0, 0.1) is 0 Å². The van der Waals surface area contributed by atoms with Crippen LogP contribution in [0.15, 0.2) is 36.8 Å². The average Bonchev–Trinajstić information content (AvgIpc) is 2.38. The first-order chi connectivity index (χ1) is 8.66. The highest BCUT2D eigenvalue weighted by atomic mass is 16.1. The van der Waals surface area contributed by atoms with Crippen molar-refractivity contribution in [1.82, 2.24) is 9.97 Å². The Kier molecular flexibility index (Phi) is 3.38. The fourth-order valence-electron chi connectivity index (χ4n) is 1.49. The van der Waals surface area contributed by atoms with E-state index in [1.54, 1.807) is 30.5 Å². The van der Waals surface area contributed by atoms with Gasteiger partial charge in [-0.2, -0.15) is 0 Å². The fourth-order valence-corrected chi connectivity index (χ4v) is 1.49. The van der Waals surface area contributed by atoms with E-state index in [2.05, 4.69) is 15.3 Å². The van der Waals surface area contributed by atoms with E-state index in [0.29, 0.717) is 17.8 Å². The Labute approximate surface area is 104 Å². The van der Waals surface area contributed by atoms with Crippen LogP contribution in [0.25, 0.3) is 0 Å². The Bertz CT molecular complexity index is 556. The Morgan fingerprint density at radius 1 is 1.33 bits per heavy atom. The molecule has 0 bridgehead atoms. The van der Waals surface area contributed by atoms with Crippen molar-refractivity contribution >= 4 is 17.3 Å². The molecule has 0 spiro atoms. The number of carbonyl (C=O) groups is 1. The number of rotatable bonds is 4. The Hall–Kier alpha value is -2.63. The smallest absolute Gasteiger partial charge is 0.250 e. The van der Waals surface area contributed by atoms with Gasteiger partial charge in [-0.05, 0) is 24.3 Å². The highest BCUT2D eigenvalue weighted by Gasteiger charge is 2.06. The Morgan fingerprint density at radius 3 is 2.83 bits per heavy atom. The van der Waals surface area contributed by atoms with Gasteiger partial charge in [0.2, 0.25) is 0 Å². The molecule has 1 heterocycles. The van der Waals surface area contributed by atoms with Crippen LogP contribution >= 0.6 is 0 Å². The molecular formula is C12H13N5O. The monoisotopic (exact) mass is 243 g/mol. The molecule has 2 aromatic rings. The minimum absolute atomic E-state index is 0.308. The lowest BCUT2D eigenvalue weighted by molar-refractivity contribution is 0.100. The molecule has 0 saturated heterocycles. The quantitative estimate of drug-likeness (QED) is 0.687. The molecule has 0 aliphatic rings. The molecule has 5 N–H and O–H groups in total. The van der Waals surface area contributed by atoms with Gasteiger partial charge in [-0.1, -0.05) is 0 Å². The molecule has 18 heavy (non-hydrogen) atoms. The molecule has 0 fully saturated rings. The Morgan fingerprint density at radius 2 is 2.17 bits per heavy atom. The van der Waals surface area contributed by atoms with Crippen LogP contribution in [0.2, 0.25) is 0 Å². The number of anilines is 2. The van der Waals surface area contributed by atoms with Gasteiger partial charge < -0.3 is 16.8 Å². The minimum atomic E-state index is -0.543. The minimum Gasteiger partial charge on any atom is -0.398 e. The predicted octanol–water partition coefficient (Wildman–Crippen LogP) is 0.770. The normalized spacial score (nSPS) is 10.0. The van der Waals surface area contributed by atoms with E-state index in [4.69, 9.17) is 11.5 Å². The molecule has 0 aliphatic carbocycles. The van der Waals surface area contributed by atoms with Crippen molar-refractivity contribution in [3.05, 3.63) is 48.0 Å². The number of nitrogens with two attached hydrogens (primary N) is 2. The Balaban J connectivity index is 2.11. The van der Waals surface area contributed by atoms with Gasteiger partial charge in [0.25, 0.3) is 5.91 Å². The second-order valence-electron chi connectivity index (χ2n) is 3.72. The molecule has 6 nitrogen and oxygen atoms in total. The van der Waals surface area contributed by atoms with Gasteiger partial charge in [0, 0.05) is 17.6 Å². The molecule has 1 aromatic carbocycles. The standard InChI is InChI=1S/C12H13N5O/c13-11-2-1-8(5-10(11)12(14)18)16-6-9-3-4-15-7-17-9/h1-5,7,16H,6,13H2,(H2,14,18). The lowest BCUT2D eigenvalue weighted by Gasteiger charge is -2.08. The lowest BCUT2D eigenvalue weighted by atomic mass is 10.1. The lowest BCUT2D eigenvalue weighted by Crippen LogP contribution is -2.14. The van der Waals surface area contributed by atoms with Crippen molar-refractivity contribution in [3.8, 4) is 0 Å². The number of amides is 1. The summed E-state index contributed by atoms with van der Waals surface area (Å²) >= 11 is 0. The summed E-state index contributed by atoms with van der Waals surface area (Å²) in [4.78, 5) is 19.1. The maximum absolute atomic E-state index is 11.1. The van der Waals surface area contributed by atoms with Gasteiger partial charge in [-0.3, -0.25) is 4.79 Å². The fraction of sp³-hybridized carbons (Fsp3) is 0.0833. The van der Waals surface area contributed by atoms with Crippen molar-refractivity contribution in [2.24, 2.45) is 5.73 Å². The third kappa shape index (κ3) is 2.73. The van der Waals surface area contributed by atoms with E-state index in [0.717, 1.165) is 11.4 Å². The van der Waals surface area contributed by atoms with Crippen molar-refractivity contribution in [3.63, 3.8) is 0 Å². The number of nitrogens with zero attached hydrogens (tertiary/aromatic N) is 2. The van der Waals surface area contributed by atoms with Crippen molar-refractivity contribution in [1.29, 1.82) is 0 Å². The van der Waals surface area contributed by atoms with Crippen molar-refractivity contribution < 1.29 is 4.79 Å². The van der Waals surface area contributed by atoms with Gasteiger partial charge in [-0.15, -0.1) is 0 Å². The third-order valence-corrected chi connectivity index (χ3v) is 2.44. The van der Waals surface area contributed by atoms with E-state index >= 15 is 0 Å². The number of nitrogens with one attached hydrogen (secondary N) is 1. The number of aromatic nitrogens is 2. The molecule has 0 radical (unpaired) electrons. The summed E-state index contributed by atoms with van der Waals surface area (Å²) in [7, 11) is 0. The first-order valence-electron chi connectivity index (χ1n) is 5.35. The number of benzene rings is 1. The number of carbonyl (C=O) groups excluding carboxylic acids is 1. The largest absolute Gasteiger partial charge is 0.398 e. The zero-order chi connectivity index (χ0) is 13.0. The molecule has 0 aliphatic heterocycles. The summed E-state index contributed by atoms with van der Waals surface area (Å²) < 4.78 is 0. The molecule has 0 atom stereocenters. The summed E-state index contributed by atoms with van der Waals surface area (Å²) in [5.74, 6) is -0.543. The molecule has 6 heteroatoms. The number of primary amides is 1. The molecule has 1 aromatic heterocycles. The summed E-state index contributed by atoms with van der Waals surface area (Å²) in [5, 5.41) is 3.13. The van der Waals surface area contributed by atoms with Crippen LogP contribution in [-0.2, 0) is 6.54 Å². The van der Waals surface area contributed by atoms with Gasteiger partial charge in [0.05, 0.1) is 17.8 Å². The first-order valence-corrected chi connectivity index (χ1v) is 5.35. The summed E-state index contributed by atoms with van der Waals surface area (Å²) in [6.45, 7) is 0.532.